The minimum atomic E-state index is -0.515. The van der Waals surface area contributed by atoms with Crippen LogP contribution in [0.4, 0.5) is 5.69 Å². The number of ether oxygens (including phenoxy) is 1. The van der Waals surface area contributed by atoms with Crippen molar-refractivity contribution in [2.24, 2.45) is 0 Å². The van der Waals surface area contributed by atoms with Gasteiger partial charge in [-0.2, -0.15) is 0 Å². The molecule has 1 N–H and O–H groups in total. The van der Waals surface area contributed by atoms with Crippen molar-refractivity contribution in [3.05, 3.63) is 94.2 Å². The summed E-state index contributed by atoms with van der Waals surface area (Å²) in [4.78, 5) is 37.7. The molecule has 4 aromatic rings. The third kappa shape index (κ3) is 4.24. The molecular weight excluding hydrogens is 512 g/mol. The van der Waals surface area contributed by atoms with Crippen LogP contribution in [0.15, 0.2) is 87.3 Å². The van der Waals surface area contributed by atoms with Gasteiger partial charge in [0.25, 0.3) is 11.8 Å². The number of benzene rings is 3. The number of fused-ring (bicyclic) bond motifs is 1. The first-order valence-electron chi connectivity index (χ1n) is 10.9. The van der Waals surface area contributed by atoms with Crippen LogP contribution in [0.3, 0.4) is 0 Å². The Labute approximate surface area is 209 Å². The predicted molar refractivity (Wildman–Crippen MR) is 135 cm³/mol. The number of halogens is 1. The van der Waals surface area contributed by atoms with Crippen LogP contribution >= 0.6 is 15.9 Å². The van der Waals surface area contributed by atoms with Gasteiger partial charge in [0.05, 0.1) is 17.9 Å². The summed E-state index contributed by atoms with van der Waals surface area (Å²) in [6.07, 6.45) is 1.43. The van der Waals surface area contributed by atoms with E-state index in [9.17, 15) is 14.4 Å². The van der Waals surface area contributed by atoms with Gasteiger partial charge in [-0.05, 0) is 54.8 Å². The molecular formula is C27H19BrN2O5. The zero-order valence-electron chi connectivity index (χ0n) is 18.6. The molecule has 174 valence electrons. The molecule has 0 unspecified atom stereocenters. The number of hydrogen-bond donors (Lipinski definition) is 1. The molecule has 2 heterocycles. The molecule has 2 amide bonds. The van der Waals surface area contributed by atoms with Gasteiger partial charge in [0, 0.05) is 15.4 Å². The van der Waals surface area contributed by atoms with E-state index in [1.807, 2.05) is 30.3 Å². The molecule has 0 atom stereocenters. The summed E-state index contributed by atoms with van der Waals surface area (Å²) in [5, 5.41) is 3.00. The van der Waals surface area contributed by atoms with Crippen molar-refractivity contribution >= 4 is 56.2 Å². The first-order chi connectivity index (χ1) is 17.0. The van der Waals surface area contributed by atoms with Gasteiger partial charge in [-0.15, -0.1) is 0 Å². The van der Waals surface area contributed by atoms with E-state index in [1.54, 1.807) is 49.4 Å². The highest BCUT2D eigenvalue weighted by molar-refractivity contribution is 9.10. The Kier molecular flexibility index (Phi) is 5.96. The molecule has 3 aromatic carbocycles. The van der Waals surface area contributed by atoms with Crippen LogP contribution in [0, 0.1) is 0 Å². The SMILES string of the molecule is CCOC(=O)c1ccc(-c2ccc(/C=C3\C(=O)NN(c4ccc(Br)c5ccccc45)C3=O)o2)cc1. The van der Waals surface area contributed by atoms with Crippen molar-refractivity contribution in [2.45, 2.75) is 6.92 Å². The number of carbonyl (C=O) groups excluding carboxylic acids is 3. The molecule has 1 aliphatic heterocycles. The van der Waals surface area contributed by atoms with Gasteiger partial charge in [0.2, 0.25) is 0 Å². The number of esters is 1. The number of nitrogens with one attached hydrogen (secondary N) is 1. The zero-order valence-corrected chi connectivity index (χ0v) is 20.2. The molecule has 0 bridgehead atoms. The van der Waals surface area contributed by atoms with Crippen LogP contribution in [-0.4, -0.2) is 24.4 Å². The summed E-state index contributed by atoms with van der Waals surface area (Å²) in [6, 6.07) is 21.4. The van der Waals surface area contributed by atoms with Gasteiger partial charge in [0.1, 0.15) is 17.1 Å². The lowest BCUT2D eigenvalue weighted by Crippen LogP contribution is -2.35. The summed E-state index contributed by atoms with van der Waals surface area (Å²) in [6.45, 7) is 2.05. The second-order valence-corrected chi connectivity index (χ2v) is 8.61. The van der Waals surface area contributed by atoms with E-state index in [0.717, 1.165) is 20.8 Å². The molecule has 7 nitrogen and oxygen atoms in total. The Balaban J connectivity index is 1.41. The fourth-order valence-electron chi connectivity index (χ4n) is 3.88. The van der Waals surface area contributed by atoms with Crippen molar-refractivity contribution in [2.75, 3.05) is 11.6 Å². The molecule has 1 aromatic heterocycles. The average molecular weight is 531 g/mol. The maximum absolute atomic E-state index is 13.2. The number of hydrogen-bond acceptors (Lipinski definition) is 5. The summed E-state index contributed by atoms with van der Waals surface area (Å²) in [5.41, 5.74) is 4.37. The number of rotatable bonds is 5. The van der Waals surface area contributed by atoms with Crippen molar-refractivity contribution in [1.29, 1.82) is 0 Å². The predicted octanol–water partition coefficient (Wildman–Crippen LogP) is 5.50. The van der Waals surface area contributed by atoms with E-state index in [4.69, 9.17) is 9.15 Å². The summed E-state index contributed by atoms with van der Waals surface area (Å²) in [5.74, 6) is -0.486. The number of amides is 2. The largest absolute Gasteiger partial charge is 0.462 e. The van der Waals surface area contributed by atoms with E-state index in [0.29, 0.717) is 29.4 Å². The fraction of sp³-hybridized carbons (Fsp3) is 0.0741. The Morgan fingerprint density at radius 2 is 1.74 bits per heavy atom. The van der Waals surface area contributed by atoms with Gasteiger partial charge >= 0.3 is 5.97 Å². The summed E-state index contributed by atoms with van der Waals surface area (Å²) >= 11 is 3.52. The van der Waals surface area contributed by atoms with Gasteiger partial charge in [-0.25, -0.2) is 9.80 Å². The van der Waals surface area contributed by atoms with Crippen LogP contribution in [0.25, 0.3) is 28.2 Å². The van der Waals surface area contributed by atoms with E-state index < -0.39 is 17.8 Å². The molecule has 0 spiro atoms. The van der Waals surface area contributed by atoms with Crippen molar-refractivity contribution in [3.8, 4) is 11.3 Å². The van der Waals surface area contributed by atoms with Crippen LogP contribution in [0.5, 0.6) is 0 Å². The zero-order chi connectivity index (χ0) is 24.5. The summed E-state index contributed by atoms with van der Waals surface area (Å²) < 4.78 is 11.7. The number of hydrazine groups is 1. The third-order valence-corrected chi connectivity index (χ3v) is 6.27. The molecule has 0 saturated carbocycles. The van der Waals surface area contributed by atoms with Gasteiger partial charge in [-0.1, -0.05) is 52.3 Å². The molecule has 8 heteroatoms. The Bertz CT molecular complexity index is 1500. The topological polar surface area (TPSA) is 88.9 Å². The molecule has 0 aliphatic carbocycles. The third-order valence-electron chi connectivity index (χ3n) is 5.57. The minimum Gasteiger partial charge on any atom is -0.462 e. The first-order valence-corrected chi connectivity index (χ1v) is 11.7. The second kappa shape index (κ2) is 9.23. The number of anilines is 1. The Hall–Kier alpha value is -4.17. The number of carbonyl (C=O) groups is 3. The molecule has 1 aliphatic rings. The number of furan rings is 1. The monoisotopic (exact) mass is 530 g/mol. The Morgan fingerprint density at radius 3 is 2.49 bits per heavy atom. The molecule has 35 heavy (non-hydrogen) atoms. The lowest BCUT2D eigenvalue weighted by atomic mass is 10.1. The van der Waals surface area contributed by atoms with Crippen molar-refractivity contribution in [1.82, 2.24) is 5.43 Å². The highest BCUT2D eigenvalue weighted by atomic mass is 79.9. The van der Waals surface area contributed by atoms with E-state index in [-0.39, 0.29) is 5.57 Å². The minimum absolute atomic E-state index is 0.0319. The van der Waals surface area contributed by atoms with Crippen LogP contribution in [0.1, 0.15) is 23.0 Å². The maximum atomic E-state index is 13.2. The van der Waals surface area contributed by atoms with Crippen LogP contribution in [0.2, 0.25) is 0 Å². The number of nitrogens with zero attached hydrogens (tertiary/aromatic N) is 1. The standard InChI is InChI=1S/C27H19BrN2O5/c1-2-34-27(33)17-9-7-16(8-10-17)24-14-11-18(35-24)15-21-25(31)29-30(26(21)32)23-13-12-22(28)19-5-3-4-6-20(19)23/h3-15H,2H2,1H3,(H,29,31)/b21-15+. The molecule has 5 rings (SSSR count). The Morgan fingerprint density at radius 1 is 1.00 bits per heavy atom. The van der Waals surface area contributed by atoms with Crippen molar-refractivity contribution < 1.29 is 23.5 Å². The first kappa shape index (κ1) is 22.6. The van der Waals surface area contributed by atoms with Crippen LogP contribution in [-0.2, 0) is 14.3 Å². The van der Waals surface area contributed by atoms with Crippen molar-refractivity contribution in [3.63, 3.8) is 0 Å². The highest BCUT2D eigenvalue weighted by Crippen LogP contribution is 2.34. The van der Waals surface area contributed by atoms with E-state index in [1.165, 1.54) is 11.1 Å². The van der Waals surface area contributed by atoms with Gasteiger partial charge < -0.3 is 9.15 Å². The molecule has 0 radical (unpaired) electrons. The second-order valence-electron chi connectivity index (χ2n) is 7.75. The van der Waals surface area contributed by atoms with E-state index >= 15 is 0 Å². The maximum Gasteiger partial charge on any atom is 0.338 e. The summed E-state index contributed by atoms with van der Waals surface area (Å²) in [7, 11) is 0. The smallest absolute Gasteiger partial charge is 0.338 e. The highest BCUT2D eigenvalue weighted by Gasteiger charge is 2.35. The molecule has 1 fully saturated rings. The molecule has 1 saturated heterocycles. The lowest BCUT2D eigenvalue weighted by molar-refractivity contribution is -0.117. The van der Waals surface area contributed by atoms with Gasteiger partial charge in [0.15, 0.2) is 0 Å². The average Bonchev–Trinajstić information content (AvgIpc) is 3.45. The van der Waals surface area contributed by atoms with Gasteiger partial charge in [-0.3, -0.25) is 15.0 Å². The fourth-order valence-corrected chi connectivity index (χ4v) is 4.36. The lowest BCUT2D eigenvalue weighted by Gasteiger charge is -2.17. The van der Waals surface area contributed by atoms with Crippen LogP contribution < -0.4 is 10.4 Å². The van der Waals surface area contributed by atoms with E-state index in [2.05, 4.69) is 21.4 Å². The normalized spacial score (nSPS) is 14.6. The quantitative estimate of drug-likeness (QED) is 0.209.